The first-order chi connectivity index (χ1) is 10.0. The Kier molecular flexibility index (Phi) is 5.10. The fourth-order valence-electron chi connectivity index (χ4n) is 2.30. The summed E-state index contributed by atoms with van der Waals surface area (Å²) >= 11 is 6.30. The molecule has 0 spiro atoms. The SMILES string of the molecule is COc1ccccc1CN(C)c1ccc(C(C)N)c(Cl)c1. The first kappa shape index (κ1) is 15.7. The van der Waals surface area contributed by atoms with E-state index < -0.39 is 0 Å². The van der Waals surface area contributed by atoms with E-state index in [1.54, 1.807) is 7.11 Å². The number of hydrogen-bond donors (Lipinski definition) is 1. The summed E-state index contributed by atoms with van der Waals surface area (Å²) in [4.78, 5) is 2.13. The smallest absolute Gasteiger partial charge is 0.123 e. The summed E-state index contributed by atoms with van der Waals surface area (Å²) in [5.41, 5.74) is 9.04. The zero-order valence-corrected chi connectivity index (χ0v) is 13.4. The van der Waals surface area contributed by atoms with Crippen LogP contribution in [0.4, 0.5) is 5.69 Å². The molecule has 0 bridgehead atoms. The number of para-hydroxylation sites is 1. The number of benzene rings is 2. The van der Waals surface area contributed by atoms with Gasteiger partial charge in [0.05, 0.1) is 7.11 Å². The van der Waals surface area contributed by atoms with Crippen LogP contribution in [0.1, 0.15) is 24.1 Å². The average Bonchev–Trinajstić information content (AvgIpc) is 2.47. The quantitative estimate of drug-likeness (QED) is 0.907. The van der Waals surface area contributed by atoms with Crippen molar-refractivity contribution in [3.63, 3.8) is 0 Å². The van der Waals surface area contributed by atoms with Crippen molar-refractivity contribution in [2.75, 3.05) is 19.1 Å². The van der Waals surface area contributed by atoms with Gasteiger partial charge in [0.1, 0.15) is 5.75 Å². The van der Waals surface area contributed by atoms with E-state index in [0.717, 1.165) is 29.1 Å². The molecular weight excluding hydrogens is 284 g/mol. The summed E-state index contributed by atoms with van der Waals surface area (Å²) in [6.07, 6.45) is 0. The van der Waals surface area contributed by atoms with Crippen molar-refractivity contribution in [1.82, 2.24) is 0 Å². The monoisotopic (exact) mass is 304 g/mol. The Labute approximate surface area is 131 Å². The average molecular weight is 305 g/mol. The van der Waals surface area contributed by atoms with E-state index in [1.807, 2.05) is 50.4 Å². The van der Waals surface area contributed by atoms with Gasteiger partial charge in [0.15, 0.2) is 0 Å². The molecule has 3 nitrogen and oxygen atoms in total. The minimum Gasteiger partial charge on any atom is -0.496 e. The summed E-state index contributed by atoms with van der Waals surface area (Å²) in [7, 11) is 3.72. The van der Waals surface area contributed by atoms with E-state index in [0.29, 0.717) is 5.02 Å². The molecule has 1 unspecified atom stereocenters. The van der Waals surface area contributed by atoms with Crippen molar-refractivity contribution in [2.24, 2.45) is 5.73 Å². The Morgan fingerprint density at radius 1 is 1.24 bits per heavy atom. The lowest BCUT2D eigenvalue weighted by molar-refractivity contribution is 0.409. The second-order valence-electron chi connectivity index (χ2n) is 5.16. The fraction of sp³-hybridized carbons (Fsp3) is 0.294. The lowest BCUT2D eigenvalue weighted by Gasteiger charge is -2.22. The van der Waals surface area contributed by atoms with E-state index in [-0.39, 0.29) is 6.04 Å². The van der Waals surface area contributed by atoms with Crippen molar-refractivity contribution in [3.05, 3.63) is 58.6 Å². The molecule has 2 aromatic rings. The van der Waals surface area contributed by atoms with Crippen molar-refractivity contribution in [3.8, 4) is 5.75 Å². The van der Waals surface area contributed by atoms with E-state index in [4.69, 9.17) is 22.1 Å². The predicted molar refractivity (Wildman–Crippen MR) is 89.2 cm³/mol. The van der Waals surface area contributed by atoms with Gasteiger partial charge < -0.3 is 15.4 Å². The van der Waals surface area contributed by atoms with E-state index in [1.165, 1.54) is 0 Å². The first-order valence-corrected chi connectivity index (χ1v) is 7.28. The number of nitrogens with zero attached hydrogens (tertiary/aromatic N) is 1. The van der Waals surface area contributed by atoms with E-state index in [9.17, 15) is 0 Å². The number of nitrogens with two attached hydrogens (primary N) is 1. The Bertz CT molecular complexity index is 613. The van der Waals surface area contributed by atoms with Crippen LogP contribution in [-0.4, -0.2) is 14.2 Å². The van der Waals surface area contributed by atoms with Crippen LogP contribution in [0.2, 0.25) is 5.02 Å². The highest BCUT2D eigenvalue weighted by Gasteiger charge is 2.10. The van der Waals surface area contributed by atoms with Crippen LogP contribution in [0.5, 0.6) is 5.75 Å². The molecule has 112 valence electrons. The highest BCUT2D eigenvalue weighted by molar-refractivity contribution is 6.31. The van der Waals surface area contributed by atoms with Crippen LogP contribution in [0, 0.1) is 0 Å². The highest BCUT2D eigenvalue weighted by atomic mass is 35.5. The second kappa shape index (κ2) is 6.83. The molecule has 0 heterocycles. The van der Waals surface area contributed by atoms with Crippen molar-refractivity contribution >= 4 is 17.3 Å². The number of methoxy groups -OCH3 is 1. The van der Waals surface area contributed by atoms with Gasteiger partial charge >= 0.3 is 0 Å². The molecule has 0 radical (unpaired) electrons. The van der Waals surface area contributed by atoms with Gasteiger partial charge in [0.2, 0.25) is 0 Å². The van der Waals surface area contributed by atoms with Crippen LogP contribution in [0.3, 0.4) is 0 Å². The zero-order chi connectivity index (χ0) is 15.4. The number of rotatable bonds is 5. The normalized spacial score (nSPS) is 12.0. The molecule has 4 heteroatoms. The largest absolute Gasteiger partial charge is 0.496 e. The minimum atomic E-state index is -0.0638. The third-order valence-corrected chi connectivity index (χ3v) is 3.84. The van der Waals surface area contributed by atoms with Gasteiger partial charge in [-0.3, -0.25) is 0 Å². The number of hydrogen-bond acceptors (Lipinski definition) is 3. The van der Waals surface area contributed by atoms with Gasteiger partial charge in [-0.1, -0.05) is 35.9 Å². The number of halogens is 1. The molecule has 0 fully saturated rings. The van der Waals surface area contributed by atoms with Gasteiger partial charge in [0, 0.05) is 35.9 Å². The highest BCUT2D eigenvalue weighted by Crippen LogP contribution is 2.28. The lowest BCUT2D eigenvalue weighted by atomic mass is 10.1. The van der Waals surface area contributed by atoms with Gasteiger partial charge in [-0.05, 0) is 30.7 Å². The molecule has 0 aromatic heterocycles. The zero-order valence-electron chi connectivity index (χ0n) is 12.6. The summed E-state index contributed by atoms with van der Waals surface area (Å²) in [6, 6.07) is 13.9. The maximum atomic E-state index is 6.30. The minimum absolute atomic E-state index is 0.0638. The topological polar surface area (TPSA) is 38.5 Å². The number of anilines is 1. The Balaban J connectivity index is 2.20. The van der Waals surface area contributed by atoms with Crippen molar-refractivity contribution in [1.29, 1.82) is 0 Å². The predicted octanol–water partition coefficient (Wildman–Crippen LogP) is 4.00. The van der Waals surface area contributed by atoms with Gasteiger partial charge in [-0.15, -0.1) is 0 Å². The molecule has 0 saturated heterocycles. The van der Waals surface area contributed by atoms with E-state index in [2.05, 4.69) is 11.0 Å². The van der Waals surface area contributed by atoms with Gasteiger partial charge in [0.25, 0.3) is 0 Å². The van der Waals surface area contributed by atoms with Gasteiger partial charge in [-0.25, -0.2) is 0 Å². The second-order valence-corrected chi connectivity index (χ2v) is 5.57. The van der Waals surface area contributed by atoms with Crippen LogP contribution in [-0.2, 0) is 6.54 Å². The molecule has 0 amide bonds. The summed E-state index contributed by atoms with van der Waals surface area (Å²) < 4.78 is 5.39. The molecule has 2 aromatic carbocycles. The third-order valence-electron chi connectivity index (χ3n) is 3.52. The summed E-state index contributed by atoms with van der Waals surface area (Å²) in [5.74, 6) is 0.891. The molecule has 0 aliphatic heterocycles. The molecule has 0 aliphatic rings. The van der Waals surface area contributed by atoms with E-state index >= 15 is 0 Å². The Hall–Kier alpha value is -1.71. The Morgan fingerprint density at radius 2 is 1.95 bits per heavy atom. The summed E-state index contributed by atoms with van der Waals surface area (Å²) in [5, 5.41) is 0.703. The van der Waals surface area contributed by atoms with Gasteiger partial charge in [-0.2, -0.15) is 0 Å². The fourth-order valence-corrected chi connectivity index (χ4v) is 2.65. The lowest BCUT2D eigenvalue weighted by Crippen LogP contribution is -2.17. The van der Waals surface area contributed by atoms with Crippen LogP contribution < -0.4 is 15.4 Å². The number of ether oxygens (including phenoxy) is 1. The van der Waals surface area contributed by atoms with Crippen LogP contribution in [0.15, 0.2) is 42.5 Å². The molecule has 21 heavy (non-hydrogen) atoms. The molecule has 2 N–H and O–H groups in total. The molecule has 0 saturated carbocycles. The van der Waals surface area contributed by atoms with Crippen LogP contribution >= 0.6 is 11.6 Å². The third kappa shape index (κ3) is 3.69. The summed E-state index contributed by atoms with van der Waals surface area (Å²) in [6.45, 7) is 2.68. The van der Waals surface area contributed by atoms with Crippen LogP contribution in [0.25, 0.3) is 0 Å². The molecule has 2 rings (SSSR count). The maximum Gasteiger partial charge on any atom is 0.123 e. The Morgan fingerprint density at radius 3 is 2.57 bits per heavy atom. The first-order valence-electron chi connectivity index (χ1n) is 6.91. The maximum absolute atomic E-state index is 6.30. The van der Waals surface area contributed by atoms with Crippen molar-refractivity contribution in [2.45, 2.75) is 19.5 Å². The van der Waals surface area contributed by atoms with Crippen molar-refractivity contribution < 1.29 is 4.74 Å². The molecular formula is C17H21ClN2O. The standard InChI is InChI=1S/C17H21ClN2O/c1-12(19)15-9-8-14(10-16(15)18)20(2)11-13-6-4-5-7-17(13)21-3/h4-10,12H,11,19H2,1-3H3. The molecule has 0 aliphatic carbocycles. The molecule has 1 atom stereocenters.